The lowest BCUT2D eigenvalue weighted by molar-refractivity contribution is 0.140. The Bertz CT molecular complexity index is 455. The predicted molar refractivity (Wildman–Crippen MR) is 84.1 cm³/mol. The molecule has 1 saturated carbocycles. The number of nitrogens with one attached hydrogen (secondary N) is 1. The topological polar surface area (TPSA) is 78.6 Å². The number of rotatable bonds is 6. The molecule has 2 amide bonds. The smallest absolute Gasteiger partial charge is 0.322 e. The van der Waals surface area contributed by atoms with Crippen LogP contribution in [-0.2, 0) is 0 Å². The van der Waals surface area contributed by atoms with Crippen molar-refractivity contribution < 1.29 is 9.90 Å². The second-order valence-corrected chi connectivity index (χ2v) is 5.70. The number of amides is 2. The molecule has 0 saturated heterocycles. The number of aliphatic hydroxyl groups excluding tert-OH is 1. The summed E-state index contributed by atoms with van der Waals surface area (Å²) >= 11 is 0. The molecule has 1 aliphatic carbocycles. The molecule has 1 atom stereocenters. The van der Waals surface area contributed by atoms with E-state index in [1.807, 2.05) is 36.1 Å². The largest absolute Gasteiger partial charge is 0.396 e. The number of hydrogen-bond acceptors (Lipinski definition) is 3. The fraction of sp³-hybridized carbons (Fsp3) is 0.562. The molecule has 21 heavy (non-hydrogen) atoms. The first-order valence-corrected chi connectivity index (χ1v) is 7.66. The van der Waals surface area contributed by atoms with Gasteiger partial charge in [-0.05, 0) is 50.3 Å². The van der Waals surface area contributed by atoms with Crippen LogP contribution in [0.15, 0.2) is 24.3 Å². The quantitative estimate of drug-likeness (QED) is 0.753. The van der Waals surface area contributed by atoms with Crippen molar-refractivity contribution >= 4 is 11.7 Å². The monoisotopic (exact) mass is 291 g/mol. The van der Waals surface area contributed by atoms with Gasteiger partial charge in [-0.15, -0.1) is 0 Å². The van der Waals surface area contributed by atoms with E-state index in [4.69, 9.17) is 10.8 Å². The molecule has 1 aliphatic rings. The molecule has 0 radical (unpaired) electrons. The predicted octanol–water partition coefficient (Wildman–Crippen LogP) is 2.48. The summed E-state index contributed by atoms with van der Waals surface area (Å²) < 4.78 is 0. The van der Waals surface area contributed by atoms with Crippen LogP contribution >= 0.6 is 0 Å². The zero-order chi connectivity index (χ0) is 15.2. The molecule has 0 aromatic heterocycles. The number of hydrogen-bond donors (Lipinski definition) is 3. The van der Waals surface area contributed by atoms with Gasteiger partial charge in [-0.1, -0.05) is 12.1 Å². The summed E-state index contributed by atoms with van der Waals surface area (Å²) in [4.78, 5) is 14.2. The van der Waals surface area contributed by atoms with E-state index in [9.17, 15) is 4.79 Å². The van der Waals surface area contributed by atoms with Gasteiger partial charge >= 0.3 is 6.03 Å². The highest BCUT2D eigenvalue weighted by Gasteiger charge is 2.28. The van der Waals surface area contributed by atoms with E-state index in [1.54, 1.807) is 0 Å². The maximum Gasteiger partial charge on any atom is 0.322 e. The van der Waals surface area contributed by atoms with Crippen molar-refractivity contribution in [3.8, 4) is 0 Å². The summed E-state index contributed by atoms with van der Waals surface area (Å²) in [5.41, 5.74) is 7.64. The lowest BCUT2D eigenvalue weighted by atomic mass is 9.91. The van der Waals surface area contributed by atoms with Gasteiger partial charge in [0.2, 0.25) is 0 Å². The Hall–Kier alpha value is -1.59. The fourth-order valence-corrected chi connectivity index (χ4v) is 2.45. The van der Waals surface area contributed by atoms with Crippen LogP contribution in [0.3, 0.4) is 0 Å². The maximum absolute atomic E-state index is 12.4. The molecule has 2 rings (SSSR count). The zero-order valence-electron chi connectivity index (χ0n) is 12.6. The van der Waals surface area contributed by atoms with Gasteiger partial charge in [0.05, 0.1) is 0 Å². The summed E-state index contributed by atoms with van der Waals surface area (Å²) in [5.74, 6) is 0. The second kappa shape index (κ2) is 7.43. The van der Waals surface area contributed by atoms with Gasteiger partial charge in [0.25, 0.3) is 0 Å². The maximum atomic E-state index is 12.4. The minimum Gasteiger partial charge on any atom is -0.396 e. The van der Waals surface area contributed by atoms with Gasteiger partial charge in [0, 0.05) is 30.9 Å². The molecule has 5 heteroatoms. The molecule has 0 aliphatic heterocycles. The minimum absolute atomic E-state index is 0.00854. The van der Waals surface area contributed by atoms with Gasteiger partial charge in [0.15, 0.2) is 0 Å². The molecule has 0 spiro atoms. The van der Waals surface area contributed by atoms with Crippen molar-refractivity contribution in [1.82, 2.24) is 4.90 Å². The normalized spacial score (nSPS) is 16.1. The number of nitrogens with two attached hydrogens (primary N) is 1. The molecule has 1 aromatic rings. The van der Waals surface area contributed by atoms with E-state index in [0.29, 0.717) is 19.0 Å². The number of benzene rings is 1. The summed E-state index contributed by atoms with van der Waals surface area (Å²) in [6.45, 7) is 2.64. The van der Waals surface area contributed by atoms with Gasteiger partial charge in [-0.3, -0.25) is 0 Å². The molecular weight excluding hydrogens is 266 g/mol. The number of carbonyl (C=O) groups excluding carboxylic acids is 1. The molecule has 1 unspecified atom stereocenters. The Labute approximate surface area is 126 Å². The Morgan fingerprint density at radius 2 is 2.10 bits per heavy atom. The second-order valence-electron chi connectivity index (χ2n) is 5.70. The molecule has 1 aromatic carbocycles. The first-order chi connectivity index (χ1) is 10.1. The van der Waals surface area contributed by atoms with Gasteiger partial charge in [-0.25, -0.2) is 4.79 Å². The lowest BCUT2D eigenvalue weighted by Gasteiger charge is -2.37. The summed E-state index contributed by atoms with van der Waals surface area (Å²) in [7, 11) is 0. The highest BCUT2D eigenvalue weighted by molar-refractivity contribution is 5.89. The molecule has 0 heterocycles. The summed E-state index contributed by atoms with van der Waals surface area (Å²) in [6.07, 6.45) is 3.91. The molecule has 0 bridgehead atoms. The van der Waals surface area contributed by atoms with E-state index < -0.39 is 0 Å². The van der Waals surface area contributed by atoms with Crippen LogP contribution in [0.25, 0.3) is 0 Å². The zero-order valence-corrected chi connectivity index (χ0v) is 12.6. The van der Waals surface area contributed by atoms with Crippen molar-refractivity contribution in [3.05, 3.63) is 29.8 Å². The third-order valence-electron chi connectivity index (χ3n) is 4.02. The average Bonchev–Trinajstić information content (AvgIpc) is 2.41. The Morgan fingerprint density at radius 1 is 1.43 bits per heavy atom. The SMILES string of the molecule is CC(N)c1ccc(NC(=O)N(CCCO)C2CCC2)cc1. The molecular formula is C16H25N3O2. The van der Waals surface area contributed by atoms with Crippen LogP contribution < -0.4 is 11.1 Å². The Kier molecular flexibility index (Phi) is 5.59. The van der Waals surface area contributed by atoms with E-state index in [-0.39, 0.29) is 18.7 Å². The highest BCUT2D eigenvalue weighted by Crippen LogP contribution is 2.25. The Morgan fingerprint density at radius 3 is 2.57 bits per heavy atom. The van der Waals surface area contributed by atoms with Crippen LogP contribution in [0.4, 0.5) is 10.5 Å². The van der Waals surface area contributed by atoms with Crippen molar-refractivity contribution in [3.63, 3.8) is 0 Å². The minimum atomic E-state index is -0.0818. The Balaban J connectivity index is 1.96. The van der Waals surface area contributed by atoms with Crippen LogP contribution in [0.1, 0.15) is 44.2 Å². The number of urea groups is 1. The van der Waals surface area contributed by atoms with E-state index in [0.717, 1.165) is 24.1 Å². The van der Waals surface area contributed by atoms with Crippen LogP contribution in [-0.4, -0.2) is 35.2 Å². The first kappa shape index (κ1) is 15.8. The van der Waals surface area contributed by atoms with Crippen molar-refractivity contribution in [1.29, 1.82) is 0 Å². The first-order valence-electron chi connectivity index (χ1n) is 7.66. The lowest BCUT2D eigenvalue weighted by Crippen LogP contribution is -2.46. The van der Waals surface area contributed by atoms with Crippen LogP contribution in [0.5, 0.6) is 0 Å². The highest BCUT2D eigenvalue weighted by atomic mass is 16.3. The number of anilines is 1. The number of aliphatic hydroxyl groups is 1. The third kappa shape index (κ3) is 4.19. The summed E-state index contributed by atoms with van der Waals surface area (Å²) in [5, 5.41) is 11.9. The molecule has 116 valence electrons. The molecule has 1 fully saturated rings. The number of carbonyl (C=O) groups is 1. The average molecular weight is 291 g/mol. The van der Waals surface area contributed by atoms with E-state index in [1.165, 1.54) is 6.42 Å². The van der Waals surface area contributed by atoms with E-state index >= 15 is 0 Å². The van der Waals surface area contributed by atoms with E-state index in [2.05, 4.69) is 5.32 Å². The van der Waals surface area contributed by atoms with Crippen molar-refractivity contribution in [2.45, 2.75) is 44.7 Å². The fourth-order valence-electron chi connectivity index (χ4n) is 2.45. The molecule has 4 N–H and O–H groups in total. The summed E-state index contributed by atoms with van der Waals surface area (Å²) in [6, 6.07) is 7.85. The van der Waals surface area contributed by atoms with Crippen LogP contribution in [0.2, 0.25) is 0 Å². The van der Waals surface area contributed by atoms with Gasteiger partial charge in [0.1, 0.15) is 0 Å². The van der Waals surface area contributed by atoms with Crippen molar-refractivity contribution in [2.75, 3.05) is 18.5 Å². The number of nitrogens with zero attached hydrogens (tertiary/aromatic N) is 1. The third-order valence-corrected chi connectivity index (χ3v) is 4.02. The van der Waals surface area contributed by atoms with Gasteiger partial charge in [-0.2, -0.15) is 0 Å². The molecule has 5 nitrogen and oxygen atoms in total. The van der Waals surface area contributed by atoms with Crippen LogP contribution in [0, 0.1) is 0 Å². The standard InChI is InChI=1S/C16H25N3O2/c1-12(17)13-6-8-14(9-7-13)18-16(21)19(10-3-11-20)15-4-2-5-15/h6-9,12,15,20H,2-5,10-11,17H2,1H3,(H,18,21). The van der Waals surface area contributed by atoms with Gasteiger partial charge < -0.3 is 21.1 Å². The van der Waals surface area contributed by atoms with Crippen molar-refractivity contribution in [2.24, 2.45) is 5.73 Å².